The van der Waals surface area contributed by atoms with E-state index in [1.165, 1.54) is 11.3 Å². The quantitative estimate of drug-likeness (QED) is 0.668. The van der Waals surface area contributed by atoms with Crippen molar-refractivity contribution in [2.45, 2.75) is 19.1 Å². The van der Waals surface area contributed by atoms with Crippen molar-refractivity contribution in [1.29, 1.82) is 0 Å². The molecular weight excluding hydrogens is 410 g/mol. The molecule has 3 heterocycles. The van der Waals surface area contributed by atoms with Crippen molar-refractivity contribution in [1.82, 2.24) is 20.3 Å². The van der Waals surface area contributed by atoms with Crippen molar-refractivity contribution in [2.24, 2.45) is 0 Å². The zero-order chi connectivity index (χ0) is 17.2. The lowest BCUT2D eigenvalue weighted by Crippen LogP contribution is -2.24. The van der Waals surface area contributed by atoms with Crippen molar-refractivity contribution >= 4 is 32.4 Å². The Hall–Kier alpha value is -2.04. The summed E-state index contributed by atoms with van der Waals surface area (Å²) < 4.78 is 11.9. The third-order valence-electron chi connectivity index (χ3n) is 3.75. The summed E-state index contributed by atoms with van der Waals surface area (Å²) in [7, 11) is 0. The van der Waals surface area contributed by atoms with Gasteiger partial charge in [-0.3, -0.25) is 0 Å². The number of halogens is 1. The van der Waals surface area contributed by atoms with E-state index in [2.05, 4.69) is 41.2 Å². The van der Waals surface area contributed by atoms with Crippen LogP contribution in [-0.4, -0.2) is 44.6 Å². The van der Waals surface area contributed by atoms with Crippen LogP contribution in [0.15, 0.2) is 33.3 Å². The van der Waals surface area contributed by atoms with E-state index in [-0.39, 0.29) is 18.6 Å². The lowest BCUT2D eigenvalue weighted by atomic mass is 10.3. The van der Waals surface area contributed by atoms with Crippen LogP contribution < -0.4 is 9.64 Å². The lowest BCUT2D eigenvalue weighted by Gasteiger charge is -2.16. The first-order valence-corrected chi connectivity index (χ1v) is 9.27. The molecule has 0 radical (unpaired) electrons. The number of hydrogen-bond donors (Lipinski definition) is 1. The minimum atomic E-state index is -0.293. The fourth-order valence-electron chi connectivity index (χ4n) is 2.56. The monoisotopic (exact) mass is 423 g/mol. The molecule has 3 aromatic rings. The molecule has 10 heteroatoms. The predicted octanol–water partition coefficient (Wildman–Crippen LogP) is 2.50. The van der Waals surface area contributed by atoms with Gasteiger partial charge in [-0.2, -0.15) is 4.98 Å². The van der Waals surface area contributed by atoms with E-state index in [1.807, 2.05) is 24.3 Å². The molecule has 130 valence electrons. The Balaban J connectivity index is 1.43. The topological polar surface area (TPSA) is 97.4 Å². The second kappa shape index (κ2) is 7.06. The van der Waals surface area contributed by atoms with E-state index < -0.39 is 0 Å². The largest absolute Gasteiger partial charge is 0.487 e. The minimum Gasteiger partial charge on any atom is -0.487 e. The van der Waals surface area contributed by atoms with Crippen molar-refractivity contribution in [3.63, 3.8) is 0 Å². The number of nitrogens with zero attached hydrogens (tertiary/aromatic N) is 5. The van der Waals surface area contributed by atoms with Crippen LogP contribution in [-0.2, 0) is 6.61 Å². The molecule has 0 amide bonds. The van der Waals surface area contributed by atoms with Crippen molar-refractivity contribution < 1.29 is 14.4 Å². The van der Waals surface area contributed by atoms with Crippen molar-refractivity contribution in [3.05, 3.63) is 34.6 Å². The first-order chi connectivity index (χ1) is 12.2. The van der Waals surface area contributed by atoms with E-state index in [0.29, 0.717) is 10.8 Å². The summed E-state index contributed by atoms with van der Waals surface area (Å²) in [6.07, 6.45) is 1.00. The van der Waals surface area contributed by atoms with Gasteiger partial charge in [-0.15, -0.1) is 10.2 Å². The van der Waals surface area contributed by atoms with E-state index in [0.717, 1.165) is 34.9 Å². The van der Waals surface area contributed by atoms with Gasteiger partial charge < -0.3 is 19.3 Å². The van der Waals surface area contributed by atoms with Crippen LogP contribution in [0.2, 0.25) is 0 Å². The molecule has 1 atom stereocenters. The summed E-state index contributed by atoms with van der Waals surface area (Å²) >= 11 is 4.89. The van der Waals surface area contributed by atoms with Crippen LogP contribution >= 0.6 is 27.3 Å². The molecule has 25 heavy (non-hydrogen) atoms. The van der Waals surface area contributed by atoms with Crippen LogP contribution in [0.4, 0.5) is 5.13 Å². The number of benzene rings is 1. The molecule has 8 nitrogen and oxygen atoms in total. The third kappa shape index (κ3) is 3.51. The fraction of sp³-hybridized carbons (Fsp3) is 0.333. The Labute approximate surface area is 155 Å². The molecule has 1 saturated heterocycles. The van der Waals surface area contributed by atoms with E-state index in [1.54, 1.807) is 0 Å². The molecule has 1 aliphatic rings. The molecule has 0 bridgehead atoms. The van der Waals surface area contributed by atoms with Crippen molar-refractivity contribution in [2.75, 3.05) is 18.0 Å². The molecule has 4 rings (SSSR count). The molecule has 1 aromatic carbocycles. The van der Waals surface area contributed by atoms with E-state index >= 15 is 0 Å². The number of aliphatic hydroxyl groups is 1. The predicted molar refractivity (Wildman–Crippen MR) is 94.5 cm³/mol. The van der Waals surface area contributed by atoms with Crippen molar-refractivity contribution in [3.8, 4) is 16.6 Å². The maximum absolute atomic E-state index is 8.99. The molecule has 1 fully saturated rings. The van der Waals surface area contributed by atoms with Gasteiger partial charge >= 0.3 is 0 Å². The zero-order valence-corrected chi connectivity index (χ0v) is 15.4. The first-order valence-electron chi connectivity index (χ1n) is 7.66. The van der Waals surface area contributed by atoms with Gasteiger partial charge in [-0.1, -0.05) is 28.6 Å². The average molecular weight is 424 g/mol. The molecule has 1 aliphatic heterocycles. The first kappa shape index (κ1) is 16.4. The standard InChI is InChI=1S/C15H14BrN5O3S/c16-10-3-1-2-4-11(10)23-9-5-6-21(7-9)15-19-18-14(25-15)13-17-12(8-22)24-20-13/h1-4,9,22H,5-8H2/t9-/m0/s1. The summed E-state index contributed by atoms with van der Waals surface area (Å²) in [6, 6.07) is 7.83. The maximum Gasteiger partial charge on any atom is 0.252 e. The van der Waals surface area contributed by atoms with Gasteiger partial charge in [0.15, 0.2) is 5.01 Å². The van der Waals surface area contributed by atoms with Crippen LogP contribution in [0.5, 0.6) is 5.75 Å². The van der Waals surface area contributed by atoms with Gasteiger partial charge in [0.2, 0.25) is 11.0 Å². The number of para-hydroxylation sites is 1. The third-order valence-corrected chi connectivity index (χ3v) is 5.39. The van der Waals surface area contributed by atoms with Gasteiger partial charge in [0.25, 0.3) is 5.89 Å². The van der Waals surface area contributed by atoms with E-state index in [9.17, 15) is 0 Å². The normalized spacial score (nSPS) is 17.2. The Morgan fingerprint density at radius 1 is 1.36 bits per heavy atom. The molecule has 0 spiro atoms. The maximum atomic E-state index is 8.99. The molecule has 2 aromatic heterocycles. The molecular formula is C15H14BrN5O3S. The van der Waals surface area contributed by atoms with Crippen LogP contribution in [0.25, 0.3) is 10.8 Å². The van der Waals surface area contributed by atoms with Crippen LogP contribution in [0.3, 0.4) is 0 Å². The summed E-state index contributed by atoms with van der Waals surface area (Å²) in [4.78, 5) is 6.19. The second-order valence-electron chi connectivity index (χ2n) is 5.46. The number of anilines is 1. The molecule has 0 unspecified atom stereocenters. The van der Waals surface area contributed by atoms with Crippen LogP contribution in [0, 0.1) is 0 Å². The average Bonchev–Trinajstić information content (AvgIpc) is 3.36. The summed E-state index contributed by atoms with van der Waals surface area (Å²) in [6.45, 7) is 1.29. The summed E-state index contributed by atoms with van der Waals surface area (Å²) in [5, 5.41) is 22.5. The highest BCUT2D eigenvalue weighted by Gasteiger charge is 2.27. The lowest BCUT2D eigenvalue weighted by molar-refractivity contribution is 0.222. The highest BCUT2D eigenvalue weighted by atomic mass is 79.9. The molecule has 1 N–H and O–H groups in total. The minimum absolute atomic E-state index is 0.0946. The number of hydrogen-bond acceptors (Lipinski definition) is 9. The Morgan fingerprint density at radius 3 is 3.04 bits per heavy atom. The number of rotatable bonds is 5. The smallest absolute Gasteiger partial charge is 0.252 e. The fourth-order valence-corrected chi connectivity index (χ4v) is 3.74. The SMILES string of the molecule is OCc1nc(-c2nnc(N3CC[C@H](Oc4ccccc4Br)C3)s2)no1. The number of aromatic nitrogens is 4. The molecule has 0 saturated carbocycles. The van der Waals surface area contributed by atoms with Gasteiger partial charge in [-0.25, -0.2) is 0 Å². The van der Waals surface area contributed by atoms with Gasteiger partial charge in [0.1, 0.15) is 18.5 Å². The van der Waals surface area contributed by atoms with Gasteiger partial charge in [0, 0.05) is 13.0 Å². The molecule has 0 aliphatic carbocycles. The highest BCUT2D eigenvalue weighted by Crippen LogP contribution is 2.31. The Morgan fingerprint density at radius 2 is 2.24 bits per heavy atom. The Kier molecular flexibility index (Phi) is 4.64. The van der Waals surface area contributed by atoms with Gasteiger partial charge in [0.05, 0.1) is 11.0 Å². The van der Waals surface area contributed by atoms with E-state index in [4.69, 9.17) is 14.4 Å². The Bertz CT molecular complexity index is 870. The zero-order valence-electron chi connectivity index (χ0n) is 13.0. The summed E-state index contributed by atoms with van der Waals surface area (Å²) in [5.74, 6) is 1.35. The number of ether oxygens (including phenoxy) is 1. The van der Waals surface area contributed by atoms with Crippen LogP contribution in [0.1, 0.15) is 12.3 Å². The van der Waals surface area contributed by atoms with Gasteiger partial charge in [-0.05, 0) is 28.1 Å². The number of aliphatic hydroxyl groups excluding tert-OH is 1. The summed E-state index contributed by atoms with van der Waals surface area (Å²) in [5.41, 5.74) is 0. The second-order valence-corrected chi connectivity index (χ2v) is 7.27. The highest BCUT2D eigenvalue weighted by molar-refractivity contribution is 9.10.